The topological polar surface area (TPSA) is 0 Å². The Morgan fingerprint density at radius 2 is 1.12 bits per heavy atom. The van der Waals surface area contributed by atoms with Crippen LogP contribution in [0.2, 0.25) is 0 Å². The Bertz CT molecular complexity index is 276. The van der Waals surface area contributed by atoms with Crippen molar-refractivity contribution < 1.29 is 0 Å². The van der Waals surface area contributed by atoms with Crippen LogP contribution in [0.1, 0.15) is 129 Å². The van der Waals surface area contributed by atoms with Crippen LogP contribution < -0.4 is 0 Å². The van der Waals surface area contributed by atoms with Crippen LogP contribution in [-0.4, -0.2) is 0 Å². The minimum absolute atomic E-state index is 0.837. The van der Waals surface area contributed by atoms with Gasteiger partial charge in [-0.05, 0) is 37.5 Å². The number of hydrogen-bond donors (Lipinski definition) is 0. The van der Waals surface area contributed by atoms with Crippen molar-refractivity contribution in [1.29, 1.82) is 0 Å². The molecular weight excluding hydrogens is 312 g/mol. The number of hydrogen-bond acceptors (Lipinski definition) is 0. The number of unbranched alkanes of at least 4 members (excludes halogenated alkanes) is 13. The molecule has 1 atom stereocenters. The third-order valence-electron chi connectivity index (χ3n) is 5.42. The highest BCUT2D eigenvalue weighted by molar-refractivity contribution is 4.84. The van der Waals surface area contributed by atoms with Crippen molar-refractivity contribution in [3.05, 3.63) is 26.0 Å². The molecule has 0 aromatic rings. The normalized spacial score (nSPS) is 13.1. The molecule has 0 amide bonds. The highest BCUT2D eigenvalue weighted by Gasteiger charge is 2.09. The van der Waals surface area contributed by atoms with E-state index in [9.17, 15) is 0 Å². The van der Waals surface area contributed by atoms with E-state index in [-0.39, 0.29) is 0 Å². The molecule has 0 aliphatic carbocycles. The van der Waals surface area contributed by atoms with Crippen LogP contribution in [0.4, 0.5) is 0 Å². The third-order valence-corrected chi connectivity index (χ3v) is 5.42. The lowest BCUT2D eigenvalue weighted by Crippen LogP contribution is -2.04. The Morgan fingerprint density at radius 1 is 0.615 bits per heavy atom. The summed E-state index contributed by atoms with van der Waals surface area (Å²) in [7, 11) is 0. The quantitative estimate of drug-likeness (QED) is 0.149. The predicted molar refractivity (Wildman–Crippen MR) is 121 cm³/mol. The maximum Gasteiger partial charge on any atom is -0.0322 e. The van der Waals surface area contributed by atoms with Crippen LogP contribution in [0.5, 0.6) is 0 Å². The maximum absolute atomic E-state index is 3.92. The zero-order chi connectivity index (χ0) is 19.3. The molecule has 0 bridgehead atoms. The van der Waals surface area contributed by atoms with Gasteiger partial charge in [0.25, 0.3) is 0 Å². The van der Waals surface area contributed by atoms with Crippen LogP contribution in [0.15, 0.2) is 12.2 Å². The summed E-state index contributed by atoms with van der Waals surface area (Å²) in [6, 6.07) is 0. The van der Waals surface area contributed by atoms with E-state index in [0.717, 1.165) is 24.7 Å². The highest BCUT2D eigenvalue weighted by Crippen LogP contribution is 2.23. The molecule has 26 heavy (non-hydrogen) atoms. The van der Waals surface area contributed by atoms with Crippen molar-refractivity contribution in [2.24, 2.45) is 11.8 Å². The molecule has 0 aromatic carbocycles. The van der Waals surface area contributed by atoms with E-state index in [1.807, 2.05) is 0 Å². The van der Waals surface area contributed by atoms with Crippen LogP contribution in [-0.2, 0) is 0 Å². The average molecular weight is 363 g/mol. The molecule has 0 heteroatoms. The zero-order valence-corrected chi connectivity index (χ0v) is 18.5. The molecule has 0 aliphatic rings. The van der Waals surface area contributed by atoms with Crippen molar-refractivity contribution in [3.63, 3.8) is 0 Å². The SMILES string of the molecule is [CH2]CCCCCCC=CCC(CCCCCCCCCC[CH2])CC(C)C. The van der Waals surface area contributed by atoms with Crippen molar-refractivity contribution >= 4 is 0 Å². The highest BCUT2D eigenvalue weighted by atomic mass is 14.1. The number of allylic oxidation sites excluding steroid dienone is 2. The standard InChI is InChI=1S/C26H50/c1-5-7-9-11-13-15-17-19-21-23-26(24-25(3)4)22-20-18-16-14-12-10-8-6-2/h18,20,25-26H,1-2,5-17,19,21-24H2,3-4H3. The summed E-state index contributed by atoms with van der Waals surface area (Å²) >= 11 is 0. The fourth-order valence-electron chi connectivity index (χ4n) is 3.87. The molecule has 154 valence electrons. The van der Waals surface area contributed by atoms with Crippen molar-refractivity contribution in [2.75, 3.05) is 0 Å². The summed E-state index contributed by atoms with van der Waals surface area (Å²) < 4.78 is 0. The Kier molecular flexibility index (Phi) is 20.8. The van der Waals surface area contributed by atoms with Gasteiger partial charge in [-0.2, -0.15) is 0 Å². The lowest BCUT2D eigenvalue weighted by atomic mass is 9.89. The summed E-state index contributed by atoms with van der Waals surface area (Å²) in [5, 5.41) is 0. The van der Waals surface area contributed by atoms with E-state index in [1.165, 1.54) is 103 Å². The van der Waals surface area contributed by atoms with Gasteiger partial charge in [0.15, 0.2) is 0 Å². The van der Waals surface area contributed by atoms with Crippen molar-refractivity contribution in [2.45, 2.75) is 129 Å². The van der Waals surface area contributed by atoms with E-state index in [1.54, 1.807) is 0 Å². The average Bonchev–Trinajstić information content (AvgIpc) is 2.61. The summed E-state index contributed by atoms with van der Waals surface area (Å²) in [6.07, 6.45) is 29.3. The van der Waals surface area contributed by atoms with Crippen LogP contribution in [0, 0.1) is 25.7 Å². The third kappa shape index (κ3) is 20.1. The first-order chi connectivity index (χ1) is 12.7. The van der Waals surface area contributed by atoms with Gasteiger partial charge < -0.3 is 0 Å². The van der Waals surface area contributed by atoms with E-state index in [4.69, 9.17) is 0 Å². The van der Waals surface area contributed by atoms with Crippen molar-refractivity contribution in [1.82, 2.24) is 0 Å². The first-order valence-corrected chi connectivity index (χ1v) is 11.9. The smallest absolute Gasteiger partial charge is 0.0322 e. The summed E-state index contributed by atoms with van der Waals surface area (Å²) in [4.78, 5) is 0. The van der Waals surface area contributed by atoms with Gasteiger partial charge in [-0.25, -0.2) is 0 Å². The molecule has 0 heterocycles. The molecule has 1 unspecified atom stereocenters. The second-order valence-electron chi connectivity index (χ2n) is 8.73. The molecule has 2 radical (unpaired) electrons. The first-order valence-electron chi connectivity index (χ1n) is 11.9. The van der Waals surface area contributed by atoms with Gasteiger partial charge in [-0.15, -0.1) is 0 Å². The Balaban J connectivity index is 3.68. The van der Waals surface area contributed by atoms with Crippen LogP contribution in [0.3, 0.4) is 0 Å². The minimum Gasteiger partial charge on any atom is -0.0885 e. The second kappa shape index (κ2) is 21.0. The molecule has 0 fully saturated rings. The molecule has 0 aliphatic heterocycles. The maximum atomic E-state index is 3.92. The Hall–Kier alpha value is -0.260. The lowest BCUT2D eigenvalue weighted by molar-refractivity contribution is 0.373. The lowest BCUT2D eigenvalue weighted by Gasteiger charge is -2.17. The van der Waals surface area contributed by atoms with Gasteiger partial charge in [0, 0.05) is 0 Å². The van der Waals surface area contributed by atoms with E-state index in [0.29, 0.717) is 0 Å². The van der Waals surface area contributed by atoms with Gasteiger partial charge in [0.1, 0.15) is 0 Å². The molecule has 0 aromatic heterocycles. The molecular formula is C26H50. The Morgan fingerprint density at radius 3 is 1.65 bits per heavy atom. The molecule has 0 saturated carbocycles. The van der Waals surface area contributed by atoms with Crippen LogP contribution >= 0.6 is 0 Å². The van der Waals surface area contributed by atoms with E-state index in [2.05, 4.69) is 39.8 Å². The first kappa shape index (κ1) is 25.7. The predicted octanol–water partition coefficient (Wildman–Crippen LogP) is 9.50. The fourth-order valence-corrected chi connectivity index (χ4v) is 3.87. The van der Waals surface area contributed by atoms with E-state index < -0.39 is 0 Å². The molecule has 0 saturated heterocycles. The second-order valence-corrected chi connectivity index (χ2v) is 8.73. The molecule has 0 rings (SSSR count). The largest absolute Gasteiger partial charge is 0.0885 e. The van der Waals surface area contributed by atoms with Gasteiger partial charge in [0.05, 0.1) is 0 Å². The fraction of sp³-hybridized carbons (Fsp3) is 0.846. The van der Waals surface area contributed by atoms with Gasteiger partial charge in [0.2, 0.25) is 0 Å². The summed E-state index contributed by atoms with van der Waals surface area (Å²) in [6.45, 7) is 12.6. The van der Waals surface area contributed by atoms with Gasteiger partial charge in [-0.3, -0.25) is 0 Å². The zero-order valence-electron chi connectivity index (χ0n) is 18.5. The van der Waals surface area contributed by atoms with Crippen LogP contribution in [0.25, 0.3) is 0 Å². The Labute approximate surface area is 167 Å². The molecule has 0 N–H and O–H groups in total. The van der Waals surface area contributed by atoms with Gasteiger partial charge >= 0.3 is 0 Å². The van der Waals surface area contributed by atoms with E-state index >= 15 is 0 Å². The van der Waals surface area contributed by atoms with Crippen molar-refractivity contribution in [3.8, 4) is 0 Å². The summed E-state index contributed by atoms with van der Waals surface area (Å²) in [5.41, 5.74) is 0. The number of rotatable bonds is 20. The monoisotopic (exact) mass is 362 g/mol. The minimum atomic E-state index is 0.837. The molecule has 0 spiro atoms. The molecule has 0 nitrogen and oxygen atoms in total. The van der Waals surface area contributed by atoms with Gasteiger partial charge in [-0.1, -0.05) is 130 Å². The summed E-state index contributed by atoms with van der Waals surface area (Å²) in [5.74, 6) is 1.75.